The number of ether oxygens (including phenoxy) is 2. The van der Waals surface area contributed by atoms with Crippen LogP contribution in [0.4, 0.5) is 9.52 Å². The minimum atomic E-state index is -0.327. The highest BCUT2D eigenvalue weighted by Crippen LogP contribution is 2.32. The number of halogens is 1. The zero-order chi connectivity index (χ0) is 16.5. The largest absolute Gasteiger partial charge is 0.454 e. The minimum Gasteiger partial charge on any atom is -0.454 e. The van der Waals surface area contributed by atoms with E-state index in [9.17, 15) is 9.18 Å². The van der Waals surface area contributed by atoms with Crippen LogP contribution in [0.5, 0.6) is 11.5 Å². The van der Waals surface area contributed by atoms with Crippen LogP contribution in [0, 0.1) is 5.82 Å². The zero-order valence-electron chi connectivity index (χ0n) is 12.3. The summed E-state index contributed by atoms with van der Waals surface area (Å²) in [6.07, 6.45) is 3.08. The average Bonchev–Trinajstić information content (AvgIpc) is 3.17. The highest BCUT2D eigenvalue weighted by Gasteiger charge is 2.12. The van der Waals surface area contributed by atoms with Crippen LogP contribution >= 0.6 is 11.3 Å². The van der Waals surface area contributed by atoms with E-state index < -0.39 is 0 Å². The van der Waals surface area contributed by atoms with Crippen molar-refractivity contribution in [3.8, 4) is 11.5 Å². The number of fused-ring (bicyclic) bond motifs is 2. The number of carbonyl (C=O) groups is 1. The normalized spacial score (nSPS) is 12.9. The van der Waals surface area contributed by atoms with Gasteiger partial charge < -0.3 is 9.47 Å². The van der Waals surface area contributed by atoms with Gasteiger partial charge >= 0.3 is 0 Å². The van der Waals surface area contributed by atoms with Crippen LogP contribution < -0.4 is 14.8 Å². The summed E-state index contributed by atoms with van der Waals surface area (Å²) in [5.41, 5.74) is 1.47. The van der Waals surface area contributed by atoms with Gasteiger partial charge in [-0.1, -0.05) is 17.4 Å². The Hall–Kier alpha value is -2.93. The maximum Gasteiger partial charge on any atom is 0.250 e. The van der Waals surface area contributed by atoms with Crippen molar-refractivity contribution in [2.45, 2.75) is 0 Å². The first-order valence-electron chi connectivity index (χ1n) is 7.12. The van der Waals surface area contributed by atoms with E-state index in [-0.39, 0.29) is 18.5 Å². The lowest BCUT2D eigenvalue weighted by Crippen LogP contribution is -2.07. The molecular formula is C17H11FN2O3S. The van der Waals surface area contributed by atoms with Crippen LogP contribution in [0.2, 0.25) is 0 Å². The first kappa shape index (κ1) is 14.6. The molecule has 3 aromatic rings. The van der Waals surface area contributed by atoms with E-state index >= 15 is 0 Å². The van der Waals surface area contributed by atoms with E-state index in [1.807, 2.05) is 6.07 Å². The molecule has 120 valence electrons. The SMILES string of the molecule is O=C(C=Cc1ccc2c(c1)OCO2)Nc1nc2ccc(F)cc2s1. The molecule has 0 fully saturated rings. The van der Waals surface area contributed by atoms with Crippen molar-refractivity contribution >= 4 is 38.7 Å². The molecule has 0 bridgehead atoms. The van der Waals surface area contributed by atoms with E-state index in [0.29, 0.717) is 26.8 Å². The summed E-state index contributed by atoms with van der Waals surface area (Å²) < 4.78 is 24.4. The Morgan fingerprint density at radius 2 is 2.08 bits per heavy atom. The number of aromatic nitrogens is 1. The number of benzene rings is 2. The number of hydrogen-bond donors (Lipinski definition) is 1. The molecule has 2 heterocycles. The molecule has 4 rings (SSSR count). The van der Waals surface area contributed by atoms with Gasteiger partial charge in [0.2, 0.25) is 12.7 Å². The van der Waals surface area contributed by atoms with Crippen LogP contribution in [-0.4, -0.2) is 17.7 Å². The Balaban J connectivity index is 1.47. The predicted molar refractivity (Wildman–Crippen MR) is 89.8 cm³/mol. The van der Waals surface area contributed by atoms with Crippen LogP contribution in [-0.2, 0) is 4.79 Å². The Labute approximate surface area is 140 Å². The molecule has 0 saturated heterocycles. The molecule has 1 amide bonds. The molecule has 5 nitrogen and oxygen atoms in total. The maximum absolute atomic E-state index is 13.2. The zero-order valence-corrected chi connectivity index (χ0v) is 13.1. The summed E-state index contributed by atoms with van der Waals surface area (Å²) in [5, 5.41) is 3.10. The van der Waals surface area contributed by atoms with Gasteiger partial charge in [0, 0.05) is 6.08 Å². The molecule has 0 saturated carbocycles. The van der Waals surface area contributed by atoms with Gasteiger partial charge in [0.25, 0.3) is 0 Å². The summed E-state index contributed by atoms with van der Waals surface area (Å²) in [6.45, 7) is 0.210. The van der Waals surface area contributed by atoms with Crippen molar-refractivity contribution in [1.82, 2.24) is 4.98 Å². The standard InChI is InChI=1S/C17H11FN2O3S/c18-11-3-4-12-15(8-11)24-17(19-12)20-16(21)6-2-10-1-5-13-14(7-10)23-9-22-13/h1-8H,9H2,(H,19,20,21). The molecule has 1 aliphatic heterocycles. The topological polar surface area (TPSA) is 60.5 Å². The fraction of sp³-hybridized carbons (Fsp3) is 0.0588. The summed E-state index contributed by atoms with van der Waals surface area (Å²) in [5.74, 6) is 0.711. The third-order valence-electron chi connectivity index (χ3n) is 3.40. The molecule has 0 aliphatic carbocycles. The Kier molecular flexibility index (Phi) is 3.62. The van der Waals surface area contributed by atoms with Crippen LogP contribution in [0.3, 0.4) is 0 Å². The third-order valence-corrected chi connectivity index (χ3v) is 4.34. The Morgan fingerprint density at radius 3 is 3.00 bits per heavy atom. The first-order valence-corrected chi connectivity index (χ1v) is 7.94. The lowest BCUT2D eigenvalue weighted by molar-refractivity contribution is -0.111. The van der Waals surface area contributed by atoms with Crippen molar-refractivity contribution in [3.05, 3.63) is 53.9 Å². The fourth-order valence-corrected chi connectivity index (χ4v) is 3.18. The smallest absolute Gasteiger partial charge is 0.250 e. The van der Waals surface area contributed by atoms with Gasteiger partial charge in [-0.15, -0.1) is 0 Å². The third kappa shape index (κ3) is 2.93. The van der Waals surface area contributed by atoms with Crippen LogP contribution in [0.15, 0.2) is 42.5 Å². The molecular weight excluding hydrogens is 331 g/mol. The molecule has 1 N–H and O–H groups in total. The van der Waals surface area contributed by atoms with Crippen molar-refractivity contribution in [2.75, 3.05) is 12.1 Å². The summed E-state index contributed by atoms with van der Waals surface area (Å²) in [6, 6.07) is 9.74. The number of amides is 1. The van der Waals surface area contributed by atoms with Crippen molar-refractivity contribution in [2.24, 2.45) is 0 Å². The number of nitrogens with zero attached hydrogens (tertiary/aromatic N) is 1. The van der Waals surface area contributed by atoms with Crippen molar-refractivity contribution in [1.29, 1.82) is 0 Å². The molecule has 0 radical (unpaired) electrons. The van der Waals surface area contributed by atoms with Gasteiger partial charge in [0.15, 0.2) is 16.6 Å². The van der Waals surface area contributed by atoms with E-state index in [1.54, 1.807) is 24.3 Å². The highest BCUT2D eigenvalue weighted by molar-refractivity contribution is 7.22. The molecule has 0 atom stereocenters. The van der Waals surface area contributed by atoms with Gasteiger partial charge in [-0.2, -0.15) is 0 Å². The number of carbonyl (C=O) groups excluding carboxylic acids is 1. The fourth-order valence-electron chi connectivity index (χ4n) is 2.29. The van der Waals surface area contributed by atoms with Crippen molar-refractivity contribution in [3.63, 3.8) is 0 Å². The second-order valence-electron chi connectivity index (χ2n) is 5.07. The molecule has 0 spiro atoms. The average molecular weight is 342 g/mol. The van der Waals surface area contributed by atoms with Gasteiger partial charge in [-0.05, 0) is 42.0 Å². The summed E-state index contributed by atoms with van der Waals surface area (Å²) in [7, 11) is 0. The summed E-state index contributed by atoms with van der Waals surface area (Å²) >= 11 is 1.22. The molecule has 1 aromatic heterocycles. The quantitative estimate of drug-likeness (QED) is 0.735. The van der Waals surface area contributed by atoms with E-state index in [4.69, 9.17) is 9.47 Å². The van der Waals surface area contributed by atoms with Crippen LogP contribution in [0.25, 0.3) is 16.3 Å². The lowest BCUT2D eigenvalue weighted by Gasteiger charge is -1.98. The molecule has 0 unspecified atom stereocenters. The van der Waals surface area contributed by atoms with E-state index in [1.165, 1.54) is 29.5 Å². The minimum absolute atomic E-state index is 0.210. The number of nitrogens with one attached hydrogen (secondary N) is 1. The number of hydrogen-bond acceptors (Lipinski definition) is 5. The first-order chi connectivity index (χ1) is 11.7. The van der Waals surface area contributed by atoms with Gasteiger partial charge in [0.05, 0.1) is 10.2 Å². The number of rotatable bonds is 3. The van der Waals surface area contributed by atoms with Gasteiger partial charge in [0.1, 0.15) is 5.82 Å². The van der Waals surface area contributed by atoms with Gasteiger partial charge in [-0.25, -0.2) is 9.37 Å². The molecule has 1 aliphatic rings. The number of thiazole rings is 1. The molecule has 7 heteroatoms. The van der Waals surface area contributed by atoms with E-state index in [0.717, 1.165) is 5.56 Å². The second-order valence-corrected chi connectivity index (χ2v) is 6.10. The second kappa shape index (κ2) is 5.93. The monoisotopic (exact) mass is 342 g/mol. The predicted octanol–water partition coefficient (Wildman–Crippen LogP) is 3.82. The Bertz CT molecular complexity index is 968. The molecule has 2 aromatic carbocycles. The highest BCUT2D eigenvalue weighted by atomic mass is 32.1. The lowest BCUT2D eigenvalue weighted by atomic mass is 10.2. The summed E-state index contributed by atoms with van der Waals surface area (Å²) in [4.78, 5) is 16.2. The van der Waals surface area contributed by atoms with Gasteiger partial charge in [-0.3, -0.25) is 10.1 Å². The van der Waals surface area contributed by atoms with Crippen molar-refractivity contribution < 1.29 is 18.7 Å². The van der Waals surface area contributed by atoms with E-state index in [2.05, 4.69) is 10.3 Å². The molecule has 24 heavy (non-hydrogen) atoms. The Morgan fingerprint density at radius 1 is 1.21 bits per heavy atom. The maximum atomic E-state index is 13.2. The van der Waals surface area contributed by atoms with Crippen LogP contribution in [0.1, 0.15) is 5.56 Å². The number of anilines is 1.